The van der Waals surface area contributed by atoms with Crippen LogP contribution in [0.15, 0.2) is 60.2 Å². The van der Waals surface area contributed by atoms with E-state index in [1.54, 1.807) is 6.07 Å². The van der Waals surface area contributed by atoms with Crippen molar-refractivity contribution in [2.75, 3.05) is 11.7 Å². The van der Waals surface area contributed by atoms with Crippen LogP contribution in [-0.2, 0) is 16.2 Å². The van der Waals surface area contributed by atoms with Crippen LogP contribution in [0.3, 0.4) is 0 Å². The Hall–Kier alpha value is -3.28. The van der Waals surface area contributed by atoms with E-state index >= 15 is 0 Å². The number of hydrogen-bond acceptors (Lipinski definition) is 6. The number of fused-ring (bicyclic) bond motifs is 1. The number of benzene rings is 3. The standard InChI is InChI=1S/C25H15Cl2IN2O6/c26-18-8-14(9-19(27)22(18)34-11-13-1-3-15(28)4-2-13)7-17-23(31)29-25(33)30(24(17)32)16-5-6-20-21(10-16)36-12-35-20/h1-10H,11-12H2,(H,29,31,33)/b17-7+. The smallest absolute Gasteiger partial charge is 0.335 e. The normalized spacial score (nSPS) is 15.9. The van der Waals surface area contributed by atoms with Crippen LogP contribution < -0.4 is 24.4 Å². The Morgan fingerprint density at radius 3 is 2.39 bits per heavy atom. The highest BCUT2D eigenvalue weighted by Gasteiger charge is 2.37. The fourth-order valence-electron chi connectivity index (χ4n) is 3.62. The summed E-state index contributed by atoms with van der Waals surface area (Å²) in [6.07, 6.45) is 1.31. The molecule has 0 atom stereocenters. The average Bonchev–Trinajstić information content (AvgIpc) is 3.30. The lowest BCUT2D eigenvalue weighted by molar-refractivity contribution is -0.122. The van der Waals surface area contributed by atoms with Gasteiger partial charge in [0.15, 0.2) is 17.2 Å². The van der Waals surface area contributed by atoms with Gasteiger partial charge in [-0.05, 0) is 76.2 Å². The van der Waals surface area contributed by atoms with Gasteiger partial charge in [-0.2, -0.15) is 0 Å². The molecule has 182 valence electrons. The van der Waals surface area contributed by atoms with Crippen molar-refractivity contribution in [3.63, 3.8) is 0 Å². The van der Waals surface area contributed by atoms with Gasteiger partial charge in [0.25, 0.3) is 11.8 Å². The number of rotatable bonds is 5. The third kappa shape index (κ3) is 4.86. The molecule has 8 nitrogen and oxygen atoms in total. The summed E-state index contributed by atoms with van der Waals surface area (Å²) < 4.78 is 17.5. The number of nitrogens with zero attached hydrogens (tertiary/aromatic N) is 1. The van der Waals surface area contributed by atoms with Crippen molar-refractivity contribution < 1.29 is 28.6 Å². The summed E-state index contributed by atoms with van der Waals surface area (Å²) >= 11 is 15.0. The van der Waals surface area contributed by atoms with Gasteiger partial charge in [-0.3, -0.25) is 14.9 Å². The number of amides is 4. The molecule has 11 heteroatoms. The molecule has 2 heterocycles. The molecule has 3 aromatic carbocycles. The van der Waals surface area contributed by atoms with Gasteiger partial charge in [-0.15, -0.1) is 0 Å². The van der Waals surface area contributed by atoms with Gasteiger partial charge in [0.2, 0.25) is 6.79 Å². The number of anilines is 1. The highest BCUT2D eigenvalue weighted by Crippen LogP contribution is 2.38. The van der Waals surface area contributed by atoms with Gasteiger partial charge in [0.1, 0.15) is 12.2 Å². The van der Waals surface area contributed by atoms with Crippen molar-refractivity contribution in [2.45, 2.75) is 6.61 Å². The third-order valence-electron chi connectivity index (χ3n) is 5.34. The largest absolute Gasteiger partial charge is 0.486 e. The van der Waals surface area contributed by atoms with E-state index in [1.165, 1.54) is 30.3 Å². The zero-order valence-electron chi connectivity index (χ0n) is 18.2. The summed E-state index contributed by atoms with van der Waals surface area (Å²) in [7, 11) is 0. The van der Waals surface area contributed by atoms with Crippen LogP contribution in [0.1, 0.15) is 11.1 Å². The minimum Gasteiger partial charge on any atom is -0.486 e. The zero-order chi connectivity index (χ0) is 25.4. The highest BCUT2D eigenvalue weighted by molar-refractivity contribution is 14.1. The molecule has 1 fully saturated rings. The predicted octanol–water partition coefficient (Wildman–Crippen LogP) is 5.57. The van der Waals surface area contributed by atoms with Gasteiger partial charge >= 0.3 is 6.03 Å². The predicted molar refractivity (Wildman–Crippen MR) is 142 cm³/mol. The molecule has 3 aromatic rings. The maximum atomic E-state index is 13.2. The number of halogens is 3. The lowest BCUT2D eigenvalue weighted by Crippen LogP contribution is -2.54. The van der Waals surface area contributed by atoms with Gasteiger partial charge < -0.3 is 14.2 Å². The first-order chi connectivity index (χ1) is 17.3. The van der Waals surface area contributed by atoms with Gasteiger partial charge in [-0.25, -0.2) is 9.69 Å². The van der Waals surface area contributed by atoms with Crippen molar-refractivity contribution >= 4 is 75.4 Å². The zero-order valence-corrected chi connectivity index (χ0v) is 21.9. The first-order valence-corrected chi connectivity index (χ1v) is 12.3. The topological polar surface area (TPSA) is 94.2 Å². The van der Waals surface area contributed by atoms with E-state index in [-0.39, 0.29) is 40.5 Å². The Balaban J connectivity index is 1.40. The number of hydrogen-bond donors (Lipinski definition) is 1. The Morgan fingerprint density at radius 2 is 1.67 bits per heavy atom. The Morgan fingerprint density at radius 1 is 0.972 bits per heavy atom. The molecule has 0 saturated carbocycles. The number of carbonyl (C=O) groups excluding carboxylic acids is 3. The second-order valence-electron chi connectivity index (χ2n) is 7.72. The molecule has 0 aromatic heterocycles. The fourth-order valence-corrected chi connectivity index (χ4v) is 4.59. The summed E-state index contributed by atoms with van der Waals surface area (Å²) in [5, 5.41) is 2.58. The number of imide groups is 2. The highest BCUT2D eigenvalue weighted by atomic mass is 127. The summed E-state index contributed by atoms with van der Waals surface area (Å²) in [6, 6.07) is 14.5. The third-order valence-corrected chi connectivity index (χ3v) is 6.62. The molecule has 0 aliphatic carbocycles. The van der Waals surface area contributed by atoms with Crippen LogP contribution in [0.25, 0.3) is 6.08 Å². The van der Waals surface area contributed by atoms with E-state index in [0.717, 1.165) is 14.0 Å². The fraction of sp³-hybridized carbons (Fsp3) is 0.0800. The molecular formula is C25H15Cl2IN2O6. The second-order valence-corrected chi connectivity index (χ2v) is 9.78. The van der Waals surface area contributed by atoms with Gasteiger partial charge in [0, 0.05) is 9.64 Å². The van der Waals surface area contributed by atoms with Crippen LogP contribution in [0, 0.1) is 3.57 Å². The van der Waals surface area contributed by atoms with E-state index in [4.69, 9.17) is 37.4 Å². The van der Waals surface area contributed by atoms with Crippen LogP contribution >= 0.6 is 45.8 Å². The Kier molecular flexibility index (Phi) is 6.78. The summed E-state index contributed by atoms with van der Waals surface area (Å²) in [5.74, 6) is -0.503. The van der Waals surface area contributed by atoms with Crippen molar-refractivity contribution in [3.8, 4) is 17.2 Å². The first-order valence-electron chi connectivity index (χ1n) is 10.5. The van der Waals surface area contributed by atoms with E-state index in [1.807, 2.05) is 24.3 Å². The van der Waals surface area contributed by atoms with E-state index in [2.05, 4.69) is 27.9 Å². The van der Waals surface area contributed by atoms with E-state index < -0.39 is 17.8 Å². The molecule has 5 rings (SSSR count). The average molecular weight is 637 g/mol. The molecule has 0 bridgehead atoms. The van der Waals surface area contributed by atoms with Crippen LogP contribution in [0.5, 0.6) is 17.2 Å². The Labute approximate surface area is 228 Å². The molecule has 2 aliphatic rings. The number of ether oxygens (including phenoxy) is 3. The molecule has 1 saturated heterocycles. The minimum absolute atomic E-state index is 0.0362. The molecule has 0 radical (unpaired) electrons. The molecule has 2 aliphatic heterocycles. The number of urea groups is 1. The minimum atomic E-state index is -0.878. The Bertz CT molecular complexity index is 1420. The van der Waals surface area contributed by atoms with Crippen LogP contribution in [-0.4, -0.2) is 24.6 Å². The summed E-state index contributed by atoms with van der Waals surface area (Å²) in [6.45, 7) is 0.290. The van der Waals surface area contributed by atoms with Gasteiger partial charge in [-0.1, -0.05) is 35.3 Å². The van der Waals surface area contributed by atoms with Crippen molar-refractivity contribution in [1.82, 2.24) is 5.32 Å². The van der Waals surface area contributed by atoms with E-state index in [9.17, 15) is 14.4 Å². The molecule has 4 amide bonds. The summed E-state index contributed by atoms with van der Waals surface area (Å²) in [4.78, 5) is 39.0. The SMILES string of the molecule is O=C1NC(=O)N(c2ccc3c(c2)OCO3)C(=O)/C1=C/c1cc(Cl)c(OCc2ccc(I)cc2)c(Cl)c1. The monoisotopic (exact) mass is 636 g/mol. The van der Waals surface area contributed by atoms with Crippen molar-refractivity contribution in [3.05, 3.63) is 84.9 Å². The van der Waals surface area contributed by atoms with Crippen LogP contribution in [0.2, 0.25) is 10.0 Å². The van der Waals surface area contributed by atoms with Crippen molar-refractivity contribution in [1.29, 1.82) is 0 Å². The number of barbiturate groups is 1. The van der Waals surface area contributed by atoms with Crippen LogP contribution in [0.4, 0.5) is 10.5 Å². The van der Waals surface area contributed by atoms with Gasteiger partial charge in [0.05, 0.1) is 15.7 Å². The molecule has 0 unspecified atom stereocenters. The lowest BCUT2D eigenvalue weighted by atomic mass is 10.1. The first kappa shape index (κ1) is 24.4. The molecule has 36 heavy (non-hydrogen) atoms. The second kappa shape index (κ2) is 10.00. The molecular weight excluding hydrogens is 622 g/mol. The number of carbonyl (C=O) groups is 3. The maximum Gasteiger partial charge on any atom is 0.335 e. The van der Waals surface area contributed by atoms with Crippen molar-refractivity contribution in [2.24, 2.45) is 0 Å². The van der Waals surface area contributed by atoms with E-state index in [0.29, 0.717) is 17.1 Å². The summed E-state index contributed by atoms with van der Waals surface area (Å²) in [5.41, 5.74) is 1.26. The maximum absolute atomic E-state index is 13.2. The molecule has 0 spiro atoms. The lowest BCUT2D eigenvalue weighted by Gasteiger charge is -2.26. The number of nitrogens with one attached hydrogen (secondary N) is 1. The molecule has 1 N–H and O–H groups in total. The quantitative estimate of drug-likeness (QED) is 0.224.